The summed E-state index contributed by atoms with van der Waals surface area (Å²) < 4.78 is 0. The number of carbonyl (C=O) groups is 1. The number of amides is 1. The molecule has 0 radical (unpaired) electrons. The Hall–Kier alpha value is -2.18. The standard InChI is InChI=1S/C21H27N3O3/c25-20-5-2-10-24(20)16-6-7-17-14(11-16)3-1-4-15(17)12-23-19-13-22-9-8-18(19)21(26)27/h8-9,11,13,15,21,23,26-27H,1-7,10,12H2. The van der Waals surface area contributed by atoms with Gasteiger partial charge in [-0.15, -0.1) is 0 Å². The monoisotopic (exact) mass is 369 g/mol. The first-order valence-corrected chi connectivity index (χ1v) is 9.90. The molecule has 2 aliphatic carbocycles. The van der Waals surface area contributed by atoms with Crippen molar-refractivity contribution in [3.63, 3.8) is 0 Å². The van der Waals surface area contributed by atoms with Crippen LogP contribution in [0.5, 0.6) is 0 Å². The minimum atomic E-state index is -1.50. The first-order valence-electron chi connectivity index (χ1n) is 9.90. The van der Waals surface area contributed by atoms with Crippen LogP contribution in [0, 0.1) is 5.92 Å². The number of aromatic nitrogens is 1. The zero-order valence-corrected chi connectivity index (χ0v) is 15.5. The summed E-state index contributed by atoms with van der Waals surface area (Å²) in [7, 11) is 0. The van der Waals surface area contributed by atoms with Crippen molar-refractivity contribution in [3.8, 4) is 0 Å². The number of aliphatic hydroxyl groups is 2. The summed E-state index contributed by atoms with van der Waals surface area (Å²) in [4.78, 5) is 18.1. The smallest absolute Gasteiger partial charge is 0.226 e. The summed E-state index contributed by atoms with van der Waals surface area (Å²) >= 11 is 0. The van der Waals surface area contributed by atoms with Gasteiger partial charge in [0, 0.05) is 37.0 Å². The average molecular weight is 369 g/mol. The summed E-state index contributed by atoms with van der Waals surface area (Å²) in [5.74, 6) is 0.704. The normalized spacial score (nSPS) is 22.9. The lowest BCUT2D eigenvalue weighted by atomic mass is 9.77. The van der Waals surface area contributed by atoms with Gasteiger partial charge in [0.25, 0.3) is 0 Å². The molecule has 1 atom stereocenters. The lowest BCUT2D eigenvalue weighted by molar-refractivity contribution is -0.126. The molecule has 0 saturated carbocycles. The number of rotatable bonds is 5. The molecule has 3 aliphatic rings. The van der Waals surface area contributed by atoms with E-state index in [4.69, 9.17) is 0 Å². The SMILES string of the molecule is O=C1CCCN1C1=CC2=C(CC1)C(CNc1cnccc1C(O)O)CCC2. The molecule has 0 bridgehead atoms. The fourth-order valence-electron chi connectivity index (χ4n) is 4.60. The molecule has 27 heavy (non-hydrogen) atoms. The van der Waals surface area contributed by atoms with Gasteiger partial charge in [0.1, 0.15) is 0 Å². The largest absolute Gasteiger partial charge is 0.383 e. The van der Waals surface area contributed by atoms with Gasteiger partial charge in [0.2, 0.25) is 5.91 Å². The summed E-state index contributed by atoms with van der Waals surface area (Å²) in [5.41, 5.74) is 5.23. The number of nitrogens with zero attached hydrogens (tertiary/aromatic N) is 2. The minimum Gasteiger partial charge on any atom is -0.383 e. The third-order valence-electron chi connectivity index (χ3n) is 5.99. The molecule has 2 heterocycles. The molecule has 1 aromatic heterocycles. The average Bonchev–Trinajstić information content (AvgIpc) is 3.12. The summed E-state index contributed by atoms with van der Waals surface area (Å²) in [6.07, 6.45) is 10.9. The van der Waals surface area contributed by atoms with E-state index < -0.39 is 6.29 Å². The van der Waals surface area contributed by atoms with E-state index in [1.54, 1.807) is 18.5 Å². The Morgan fingerprint density at radius 3 is 2.89 bits per heavy atom. The van der Waals surface area contributed by atoms with Crippen molar-refractivity contribution in [2.24, 2.45) is 5.92 Å². The molecule has 6 nitrogen and oxygen atoms in total. The van der Waals surface area contributed by atoms with Crippen LogP contribution in [-0.4, -0.2) is 39.1 Å². The second kappa shape index (κ2) is 7.82. The van der Waals surface area contributed by atoms with Crippen LogP contribution < -0.4 is 5.32 Å². The molecular weight excluding hydrogens is 342 g/mol. The lowest BCUT2D eigenvalue weighted by Gasteiger charge is -2.33. The molecule has 0 spiro atoms. The summed E-state index contributed by atoms with van der Waals surface area (Å²) in [5, 5.41) is 22.4. The van der Waals surface area contributed by atoms with Crippen LogP contribution in [0.4, 0.5) is 5.69 Å². The quantitative estimate of drug-likeness (QED) is 0.695. The number of hydrogen-bond acceptors (Lipinski definition) is 5. The Morgan fingerprint density at radius 2 is 2.11 bits per heavy atom. The van der Waals surface area contributed by atoms with Gasteiger partial charge >= 0.3 is 0 Å². The number of pyridine rings is 1. The van der Waals surface area contributed by atoms with E-state index in [9.17, 15) is 15.0 Å². The van der Waals surface area contributed by atoms with E-state index in [0.717, 1.165) is 51.6 Å². The first-order chi connectivity index (χ1) is 13.1. The van der Waals surface area contributed by atoms with Crippen LogP contribution in [0.1, 0.15) is 56.8 Å². The van der Waals surface area contributed by atoms with Crippen LogP contribution >= 0.6 is 0 Å². The molecule has 0 aromatic carbocycles. The van der Waals surface area contributed by atoms with Crippen molar-refractivity contribution in [1.29, 1.82) is 0 Å². The second-order valence-electron chi connectivity index (χ2n) is 7.64. The highest BCUT2D eigenvalue weighted by molar-refractivity contribution is 5.80. The molecule has 1 aliphatic heterocycles. The van der Waals surface area contributed by atoms with Crippen molar-refractivity contribution < 1.29 is 15.0 Å². The van der Waals surface area contributed by atoms with Gasteiger partial charge < -0.3 is 20.4 Å². The molecule has 3 N–H and O–H groups in total. The highest BCUT2D eigenvalue weighted by Gasteiger charge is 2.29. The molecule has 1 fully saturated rings. The molecule has 1 unspecified atom stereocenters. The fourth-order valence-corrected chi connectivity index (χ4v) is 4.60. The maximum atomic E-state index is 12.1. The zero-order valence-electron chi connectivity index (χ0n) is 15.5. The van der Waals surface area contributed by atoms with Crippen LogP contribution in [0.25, 0.3) is 0 Å². The number of nitrogens with one attached hydrogen (secondary N) is 1. The van der Waals surface area contributed by atoms with Crippen LogP contribution in [0.15, 0.2) is 41.4 Å². The van der Waals surface area contributed by atoms with Crippen LogP contribution in [-0.2, 0) is 4.79 Å². The van der Waals surface area contributed by atoms with E-state index in [0.29, 0.717) is 23.6 Å². The van der Waals surface area contributed by atoms with Crippen molar-refractivity contribution in [1.82, 2.24) is 9.88 Å². The predicted octanol–water partition coefficient (Wildman–Crippen LogP) is 2.87. The zero-order chi connectivity index (χ0) is 18.8. The Labute approximate surface area is 159 Å². The van der Waals surface area contributed by atoms with E-state index in [2.05, 4.69) is 16.4 Å². The van der Waals surface area contributed by atoms with Gasteiger partial charge in [-0.05, 0) is 62.2 Å². The predicted molar refractivity (Wildman–Crippen MR) is 103 cm³/mol. The number of allylic oxidation sites excluding steroid dienone is 3. The van der Waals surface area contributed by atoms with E-state index in [1.807, 2.05) is 4.90 Å². The number of aliphatic hydroxyl groups excluding tert-OH is 1. The Kier molecular flexibility index (Phi) is 5.27. The van der Waals surface area contributed by atoms with E-state index in [-0.39, 0.29) is 5.91 Å². The molecule has 1 amide bonds. The first kappa shape index (κ1) is 18.2. The maximum Gasteiger partial charge on any atom is 0.226 e. The van der Waals surface area contributed by atoms with Gasteiger partial charge in [-0.2, -0.15) is 0 Å². The Bertz CT molecular complexity index is 785. The van der Waals surface area contributed by atoms with Gasteiger partial charge in [-0.25, -0.2) is 0 Å². The van der Waals surface area contributed by atoms with Gasteiger partial charge in [0.15, 0.2) is 6.29 Å². The maximum absolute atomic E-state index is 12.1. The number of likely N-dealkylation sites (tertiary alicyclic amines) is 1. The number of carbonyl (C=O) groups excluding carboxylic acids is 1. The Morgan fingerprint density at radius 1 is 1.22 bits per heavy atom. The number of anilines is 1. The van der Waals surface area contributed by atoms with Crippen LogP contribution in [0.2, 0.25) is 0 Å². The highest BCUT2D eigenvalue weighted by atomic mass is 16.5. The number of hydrogen-bond donors (Lipinski definition) is 3. The van der Waals surface area contributed by atoms with Gasteiger partial charge in [-0.3, -0.25) is 9.78 Å². The molecule has 4 rings (SSSR count). The highest BCUT2D eigenvalue weighted by Crippen LogP contribution is 2.39. The van der Waals surface area contributed by atoms with E-state index >= 15 is 0 Å². The van der Waals surface area contributed by atoms with Gasteiger partial charge in [-0.1, -0.05) is 5.57 Å². The molecule has 1 aromatic rings. The van der Waals surface area contributed by atoms with Crippen LogP contribution in [0.3, 0.4) is 0 Å². The van der Waals surface area contributed by atoms with Crippen molar-refractivity contribution in [3.05, 3.63) is 46.9 Å². The van der Waals surface area contributed by atoms with Crippen molar-refractivity contribution >= 4 is 11.6 Å². The molecule has 1 saturated heterocycles. The van der Waals surface area contributed by atoms with Gasteiger partial charge in [0.05, 0.1) is 11.9 Å². The fraction of sp³-hybridized carbons (Fsp3) is 0.524. The summed E-state index contributed by atoms with van der Waals surface area (Å²) in [6.45, 7) is 1.63. The lowest BCUT2D eigenvalue weighted by Crippen LogP contribution is -2.28. The summed E-state index contributed by atoms with van der Waals surface area (Å²) in [6, 6.07) is 1.63. The molecular formula is C21H27N3O3. The molecule has 6 heteroatoms. The van der Waals surface area contributed by atoms with Crippen molar-refractivity contribution in [2.75, 3.05) is 18.4 Å². The minimum absolute atomic E-state index is 0.269. The second-order valence-corrected chi connectivity index (χ2v) is 7.64. The molecule has 144 valence electrons. The third kappa shape index (κ3) is 3.77. The third-order valence-corrected chi connectivity index (χ3v) is 5.99. The topological polar surface area (TPSA) is 85.7 Å². The Balaban J connectivity index is 1.49. The van der Waals surface area contributed by atoms with Crippen molar-refractivity contribution in [2.45, 2.75) is 51.2 Å². The van der Waals surface area contributed by atoms with E-state index in [1.165, 1.54) is 16.8 Å².